The van der Waals surface area contributed by atoms with Gasteiger partial charge in [-0.3, -0.25) is 9.80 Å². The predicted molar refractivity (Wildman–Crippen MR) is 146 cm³/mol. The van der Waals surface area contributed by atoms with Crippen LogP contribution in [-0.4, -0.2) is 65.3 Å². The first-order valence-corrected chi connectivity index (χ1v) is 13.6. The van der Waals surface area contributed by atoms with Gasteiger partial charge in [-0.2, -0.15) is 0 Å². The highest BCUT2D eigenvalue weighted by Crippen LogP contribution is 2.44. The van der Waals surface area contributed by atoms with Crippen LogP contribution in [0.2, 0.25) is 5.02 Å². The van der Waals surface area contributed by atoms with Gasteiger partial charge in [0.2, 0.25) is 5.95 Å². The average Bonchev–Trinajstić information content (AvgIpc) is 3.56. The van der Waals surface area contributed by atoms with Crippen LogP contribution in [0.3, 0.4) is 0 Å². The molecule has 2 amide bonds. The standard InChI is InChI=1S/C26H24ClF2N7O2S/c27-17-14-16(2-4-18(17)28)35-7-8-36(26(35)37)21-13-15(1-3-19(21)29)23-22(20-5-6-31-24(30)32-20)33-25(39-23)34-9-11-38-12-10-34/h1-6,14-15H,7-13H2,(H2,30,31,32). The van der Waals surface area contributed by atoms with Gasteiger partial charge >= 0.3 is 6.03 Å². The van der Waals surface area contributed by atoms with Crippen LogP contribution in [0.25, 0.3) is 11.4 Å². The maximum atomic E-state index is 15.2. The molecule has 2 N–H and O–H groups in total. The van der Waals surface area contributed by atoms with Gasteiger partial charge in [-0.05, 0) is 30.3 Å². The Bertz CT molecular complexity index is 1490. The van der Waals surface area contributed by atoms with Gasteiger partial charge in [0.1, 0.15) is 17.3 Å². The Morgan fingerprint density at radius 3 is 2.64 bits per heavy atom. The quantitative estimate of drug-likeness (QED) is 0.461. The van der Waals surface area contributed by atoms with Gasteiger partial charge in [-0.15, -0.1) is 11.3 Å². The molecule has 1 atom stereocenters. The topological polar surface area (TPSA) is 101 Å². The number of carbonyl (C=O) groups is 1. The molecule has 6 rings (SSSR count). The van der Waals surface area contributed by atoms with Crippen LogP contribution in [-0.2, 0) is 4.74 Å². The second-order valence-electron chi connectivity index (χ2n) is 9.26. The molecule has 4 heterocycles. The molecule has 0 saturated carbocycles. The Morgan fingerprint density at radius 1 is 1.08 bits per heavy atom. The van der Waals surface area contributed by atoms with E-state index in [1.165, 1.54) is 45.4 Å². The fourth-order valence-corrected chi connectivity index (χ4v) is 6.30. The highest BCUT2D eigenvalue weighted by molar-refractivity contribution is 7.16. The Balaban J connectivity index is 1.30. The Morgan fingerprint density at radius 2 is 1.87 bits per heavy atom. The van der Waals surface area contributed by atoms with E-state index in [1.54, 1.807) is 18.3 Å². The summed E-state index contributed by atoms with van der Waals surface area (Å²) in [6.07, 6.45) is 5.03. The number of anilines is 3. The first kappa shape index (κ1) is 25.7. The number of nitrogen functional groups attached to an aromatic ring is 1. The first-order chi connectivity index (χ1) is 18.9. The number of urea groups is 1. The van der Waals surface area contributed by atoms with Gasteiger partial charge in [0.15, 0.2) is 5.13 Å². The molecule has 0 spiro atoms. The molecular formula is C26H24ClF2N7O2S. The van der Waals surface area contributed by atoms with Crippen molar-refractivity contribution in [2.45, 2.75) is 12.3 Å². The van der Waals surface area contributed by atoms with Gasteiger partial charge in [0, 0.05) is 55.3 Å². The maximum absolute atomic E-state index is 15.2. The number of hydrogen-bond acceptors (Lipinski definition) is 8. The monoisotopic (exact) mass is 571 g/mol. The summed E-state index contributed by atoms with van der Waals surface area (Å²) in [7, 11) is 0. The molecule has 2 aliphatic heterocycles. The average molecular weight is 572 g/mol. The molecule has 0 bridgehead atoms. The lowest BCUT2D eigenvalue weighted by Gasteiger charge is -2.27. The molecule has 13 heteroatoms. The van der Waals surface area contributed by atoms with Gasteiger partial charge in [0.05, 0.1) is 29.6 Å². The van der Waals surface area contributed by atoms with Crippen molar-refractivity contribution in [2.75, 3.05) is 54.9 Å². The van der Waals surface area contributed by atoms with Crippen LogP contribution in [0.5, 0.6) is 0 Å². The largest absolute Gasteiger partial charge is 0.378 e. The first-order valence-electron chi connectivity index (χ1n) is 12.4. The summed E-state index contributed by atoms with van der Waals surface area (Å²) in [4.78, 5) is 32.6. The number of allylic oxidation sites excluding steroid dienone is 4. The van der Waals surface area contributed by atoms with Gasteiger partial charge in [-0.25, -0.2) is 28.5 Å². The summed E-state index contributed by atoms with van der Waals surface area (Å²) in [6, 6.07) is 5.46. The smallest absolute Gasteiger partial charge is 0.328 e. The lowest BCUT2D eigenvalue weighted by molar-refractivity contribution is 0.122. The van der Waals surface area contributed by atoms with Gasteiger partial charge in [-0.1, -0.05) is 17.7 Å². The van der Waals surface area contributed by atoms with Crippen molar-refractivity contribution in [1.82, 2.24) is 19.9 Å². The van der Waals surface area contributed by atoms with E-state index in [0.717, 1.165) is 10.0 Å². The maximum Gasteiger partial charge on any atom is 0.328 e. The molecule has 1 aliphatic carbocycles. The van der Waals surface area contributed by atoms with E-state index in [-0.39, 0.29) is 41.6 Å². The van der Waals surface area contributed by atoms with E-state index < -0.39 is 11.6 Å². The zero-order valence-corrected chi connectivity index (χ0v) is 22.3. The van der Waals surface area contributed by atoms with Crippen molar-refractivity contribution >= 4 is 45.7 Å². The second kappa shape index (κ2) is 10.5. The van der Waals surface area contributed by atoms with E-state index in [9.17, 15) is 9.18 Å². The summed E-state index contributed by atoms with van der Waals surface area (Å²) >= 11 is 7.45. The summed E-state index contributed by atoms with van der Waals surface area (Å²) in [5, 5.41) is 0.742. The highest BCUT2D eigenvalue weighted by atomic mass is 35.5. The Labute approximate surface area is 232 Å². The molecule has 2 saturated heterocycles. The number of hydrogen-bond donors (Lipinski definition) is 1. The third-order valence-corrected chi connectivity index (χ3v) is 8.43. The lowest BCUT2D eigenvalue weighted by atomic mass is 9.94. The van der Waals surface area contributed by atoms with Crippen molar-refractivity contribution in [3.05, 3.63) is 69.9 Å². The Hall–Kier alpha value is -3.61. The molecule has 2 fully saturated rings. The van der Waals surface area contributed by atoms with Crippen LogP contribution < -0.4 is 15.5 Å². The summed E-state index contributed by atoms with van der Waals surface area (Å²) < 4.78 is 34.4. The van der Waals surface area contributed by atoms with Crippen molar-refractivity contribution in [1.29, 1.82) is 0 Å². The molecule has 3 aliphatic rings. The third kappa shape index (κ3) is 4.95. The van der Waals surface area contributed by atoms with Crippen LogP contribution in [0, 0.1) is 5.82 Å². The fraction of sp³-hybridized carbons (Fsp3) is 0.308. The van der Waals surface area contributed by atoms with Crippen LogP contribution in [0.1, 0.15) is 17.2 Å². The normalized spacial score (nSPS) is 19.9. The van der Waals surface area contributed by atoms with E-state index in [4.69, 9.17) is 27.1 Å². The predicted octanol–water partition coefficient (Wildman–Crippen LogP) is 4.98. The fourth-order valence-electron chi connectivity index (χ4n) is 4.92. The minimum Gasteiger partial charge on any atom is -0.378 e. The third-order valence-electron chi connectivity index (χ3n) is 6.89. The number of nitrogens with two attached hydrogens (primary N) is 1. The zero-order chi connectivity index (χ0) is 27.1. The van der Waals surface area contributed by atoms with E-state index in [1.807, 2.05) is 0 Å². The summed E-state index contributed by atoms with van der Waals surface area (Å²) in [6.45, 7) is 3.25. The number of halogens is 3. The van der Waals surface area contributed by atoms with Gasteiger partial charge in [0.25, 0.3) is 0 Å². The number of carbonyl (C=O) groups excluding carboxylic acids is 1. The summed E-state index contributed by atoms with van der Waals surface area (Å²) in [5.74, 6) is -1.15. The molecule has 2 aromatic heterocycles. The molecule has 9 nitrogen and oxygen atoms in total. The number of rotatable bonds is 5. The van der Waals surface area contributed by atoms with Crippen LogP contribution in [0.15, 0.2) is 54.1 Å². The molecule has 3 aromatic rings. The van der Waals surface area contributed by atoms with Crippen LogP contribution >= 0.6 is 22.9 Å². The highest BCUT2D eigenvalue weighted by Gasteiger charge is 2.36. The van der Waals surface area contributed by atoms with E-state index in [0.29, 0.717) is 49.9 Å². The van der Waals surface area contributed by atoms with Crippen LogP contribution in [0.4, 0.5) is 30.3 Å². The SMILES string of the molecule is Nc1nccc(-c2nc(N3CCOCC3)sc2C2C=CC(F)=C(N3CCN(c4ccc(F)c(Cl)c4)C3=O)C2)n1. The Kier molecular flexibility index (Phi) is 6.92. The molecule has 39 heavy (non-hydrogen) atoms. The van der Waals surface area contributed by atoms with Crippen molar-refractivity contribution in [2.24, 2.45) is 0 Å². The minimum atomic E-state index is -0.569. The lowest BCUT2D eigenvalue weighted by Crippen LogP contribution is -2.36. The number of thiazole rings is 1. The van der Waals surface area contributed by atoms with Crippen molar-refractivity contribution in [3.63, 3.8) is 0 Å². The minimum absolute atomic E-state index is 0.0797. The molecular weight excluding hydrogens is 548 g/mol. The molecule has 1 unspecified atom stereocenters. The molecule has 1 aromatic carbocycles. The van der Waals surface area contributed by atoms with E-state index in [2.05, 4.69) is 14.9 Å². The van der Waals surface area contributed by atoms with Crippen molar-refractivity contribution in [3.8, 4) is 11.4 Å². The summed E-state index contributed by atoms with van der Waals surface area (Å²) in [5.41, 5.74) is 7.85. The number of nitrogens with zero attached hydrogens (tertiary/aromatic N) is 6. The van der Waals surface area contributed by atoms with E-state index >= 15 is 4.39 Å². The number of ether oxygens (including phenoxy) is 1. The molecule has 202 valence electrons. The van der Waals surface area contributed by atoms with Crippen molar-refractivity contribution < 1.29 is 18.3 Å². The molecule has 0 radical (unpaired) electrons. The van der Waals surface area contributed by atoms with Gasteiger partial charge < -0.3 is 15.4 Å². The number of amides is 2. The zero-order valence-electron chi connectivity index (χ0n) is 20.7. The second-order valence-corrected chi connectivity index (χ2v) is 10.7. The number of morpholine rings is 1. The number of aromatic nitrogens is 3. The number of benzene rings is 1.